The molecule has 1 aliphatic heterocycles. The zero-order valence-corrected chi connectivity index (χ0v) is 11.8. The number of aromatic nitrogens is 1. The molecule has 1 aliphatic rings. The number of rotatable bonds is 3. The van der Waals surface area contributed by atoms with Crippen LogP contribution in [0.25, 0.3) is 0 Å². The van der Waals surface area contributed by atoms with Gasteiger partial charge in [0.15, 0.2) is 0 Å². The van der Waals surface area contributed by atoms with Gasteiger partial charge in [-0.3, -0.25) is 4.79 Å². The maximum Gasteiger partial charge on any atom is 0.290 e. The molecule has 2 aromatic rings. The summed E-state index contributed by atoms with van der Waals surface area (Å²) < 4.78 is 25.2. The highest BCUT2D eigenvalue weighted by Gasteiger charge is 2.27. The minimum absolute atomic E-state index is 0.0712. The van der Waals surface area contributed by atoms with Crippen LogP contribution in [0.4, 0.5) is 14.5 Å². The van der Waals surface area contributed by atoms with Gasteiger partial charge in [-0.1, -0.05) is 18.2 Å². The Morgan fingerprint density at radius 3 is 2.86 bits per heavy atom. The highest BCUT2D eigenvalue weighted by molar-refractivity contribution is 7.99. The first-order valence-corrected chi connectivity index (χ1v) is 7.34. The van der Waals surface area contributed by atoms with Gasteiger partial charge in [-0.15, -0.1) is 0 Å². The van der Waals surface area contributed by atoms with Crippen molar-refractivity contribution in [2.75, 3.05) is 11.4 Å². The molecular weight excluding hydrogens is 294 g/mol. The lowest BCUT2D eigenvalue weighted by molar-refractivity contribution is 0.0986. The molecule has 0 fully saturated rings. The average molecular weight is 306 g/mol. The van der Waals surface area contributed by atoms with E-state index in [1.54, 1.807) is 17.0 Å². The van der Waals surface area contributed by atoms with Gasteiger partial charge in [0.25, 0.3) is 11.7 Å². The maximum absolute atomic E-state index is 12.6. The summed E-state index contributed by atoms with van der Waals surface area (Å²) in [6.45, 7) is 0.561. The van der Waals surface area contributed by atoms with E-state index in [1.807, 2.05) is 24.3 Å². The summed E-state index contributed by atoms with van der Waals surface area (Å²) in [5.74, 6) is -2.88. The van der Waals surface area contributed by atoms with Gasteiger partial charge in [0.2, 0.25) is 0 Å². The minimum atomic E-state index is -2.60. The van der Waals surface area contributed by atoms with Crippen molar-refractivity contribution in [3.63, 3.8) is 0 Å². The molecule has 108 valence electrons. The summed E-state index contributed by atoms with van der Waals surface area (Å²) in [5, 5.41) is 0.0712. The van der Waals surface area contributed by atoms with Gasteiger partial charge in [0.1, 0.15) is 5.03 Å². The monoisotopic (exact) mass is 306 g/mol. The minimum Gasteiger partial charge on any atom is -0.308 e. The Bertz CT molecular complexity index is 678. The molecule has 6 heteroatoms. The van der Waals surface area contributed by atoms with E-state index in [0.29, 0.717) is 18.3 Å². The Hall–Kier alpha value is -1.95. The van der Waals surface area contributed by atoms with Gasteiger partial charge in [0, 0.05) is 18.4 Å². The summed E-state index contributed by atoms with van der Waals surface area (Å²) in [4.78, 5) is 18.2. The molecule has 2 heterocycles. The van der Waals surface area contributed by atoms with E-state index in [2.05, 4.69) is 4.98 Å². The Labute approximate surface area is 125 Å². The standard InChI is InChI=1S/C15H12F2N2OS/c16-15(17)21-13-11(5-3-8-18-13)14(20)19-9-7-10-4-1-2-6-12(10)19/h1-6,8,15H,7,9H2. The summed E-state index contributed by atoms with van der Waals surface area (Å²) in [6, 6.07) is 10.8. The Morgan fingerprint density at radius 1 is 1.24 bits per heavy atom. The topological polar surface area (TPSA) is 33.2 Å². The normalized spacial score (nSPS) is 13.6. The summed E-state index contributed by atoms with van der Waals surface area (Å²) in [6.07, 6.45) is 2.19. The van der Waals surface area contributed by atoms with Crippen molar-refractivity contribution in [2.45, 2.75) is 17.2 Å². The molecule has 1 amide bonds. The first-order chi connectivity index (χ1) is 10.2. The van der Waals surface area contributed by atoms with Crippen molar-refractivity contribution in [3.8, 4) is 0 Å². The lowest BCUT2D eigenvalue weighted by Crippen LogP contribution is -2.29. The second-order valence-electron chi connectivity index (χ2n) is 4.57. The quantitative estimate of drug-likeness (QED) is 0.812. The van der Waals surface area contributed by atoms with Gasteiger partial charge in [-0.25, -0.2) is 4.98 Å². The molecule has 3 nitrogen and oxygen atoms in total. The lowest BCUT2D eigenvalue weighted by atomic mass is 10.2. The number of carbonyl (C=O) groups excluding carboxylic acids is 1. The third-order valence-electron chi connectivity index (χ3n) is 3.33. The third kappa shape index (κ3) is 2.76. The van der Waals surface area contributed by atoms with E-state index in [9.17, 15) is 13.6 Å². The van der Waals surface area contributed by atoms with Crippen LogP contribution < -0.4 is 4.90 Å². The number of fused-ring (bicyclic) bond motifs is 1. The number of hydrogen-bond donors (Lipinski definition) is 0. The molecule has 21 heavy (non-hydrogen) atoms. The Balaban J connectivity index is 1.94. The first-order valence-electron chi connectivity index (χ1n) is 6.46. The average Bonchev–Trinajstić information content (AvgIpc) is 2.90. The number of para-hydroxylation sites is 1. The molecule has 0 saturated carbocycles. The van der Waals surface area contributed by atoms with Gasteiger partial charge >= 0.3 is 0 Å². The van der Waals surface area contributed by atoms with Gasteiger partial charge in [0.05, 0.1) is 5.56 Å². The molecule has 1 aromatic carbocycles. The zero-order valence-electron chi connectivity index (χ0n) is 11.0. The maximum atomic E-state index is 12.6. The number of carbonyl (C=O) groups is 1. The van der Waals surface area contributed by atoms with E-state index in [0.717, 1.165) is 17.7 Å². The van der Waals surface area contributed by atoms with Crippen LogP contribution in [0.15, 0.2) is 47.6 Å². The number of hydrogen-bond acceptors (Lipinski definition) is 3. The number of amides is 1. The van der Waals surface area contributed by atoms with Gasteiger partial charge in [-0.05, 0) is 41.9 Å². The van der Waals surface area contributed by atoms with E-state index in [4.69, 9.17) is 0 Å². The largest absolute Gasteiger partial charge is 0.308 e. The van der Waals surface area contributed by atoms with Crippen LogP contribution in [-0.4, -0.2) is 23.2 Å². The van der Waals surface area contributed by atoms with E-state index in [-0.39, 0.29) is 16.5 Å². The zero-order chi connectivity index (χ0) is 14.8. The van der Waals surface area contributed by atoms with Crippen molar-refractivity contribution < 1.29 is 13.6 Å². The van der Waals surface area contributed by atoms with Crippen LogP contribution in [0.1, 0.15) is 15.9 Å². The van der Waals surface area contributed by atoms with Crippen molar-refractivity contribution in [1.29, 1.82) is 0 Å². The highest BCUT2D eigenvalue weighted by Crippen LogP contribution is 2.32. The van der Waals surface area contributed by atoms with Crippen LogP contribution in [0.2, 0.25) is 0 Å². The molecule has 0 bridgehead atoms. The molecule has 0 spiro atoms. The van der Waals surface area contributed by atoms with Crippen molar-refractivity contribution in [1.82, 2.24) is 4.98 Å². The number of thioether (sulfide) groups is 1. The highest BCUT2D eigenvalue weighted by atomic mass is 32.2. The number of nitrogens with zero attached hydrogens (tertiary/aromatic N) is 2. The number of benzene rings is 1. The predicted octanol–water partition coefficient (Wildman–Crippen LogP) is 3.60. The fourth-order valence-electron chi connectivity index (χ4n) is 2.43. The summed E-state index contributed by atoms with van der Waals surface area (Å²) in [7, 11) is 0. The SMILES string of the molecule is O=C(c1cccnc1SC(F)F)N1CCc2ccccc21. The molecule has 1 aromatic heterocycles. The second kappa shape index (κ2) is 5.81. The molecule has 0 aliphatic carbocycles. The molecule has 0 N–H and O–H groups in total. The molecular formula is C15H12F2N2OS. The summed E-state index contributed by atoms with van der Waals surface area (Å²) >= 11 is 0.302. The number of anilines is 1. The van der Waals surface area contributed by atoms with E-state index < -0.39 is 5.76 Å². The Morgan fingerprint density at radius 2 is 2.05 bits per heavy atom. The number of alkyl halides is 2. The molecule has 0 radical (unpaired) electrons. The van der Waals surface area contributed by atoms with Crippen molar-refractivity contribution >= 4 is 23.4 Å². The van der Waals surface area contributed by atoms with Crippen LogP contribution in [-0.2, 0) is 6.42 Å². The smallest absolute Gasteiger partial charge is 0.290 e. The Kier molecular flexibility index (Phi) is 3.88. The van der Waals surface area contributed by atoms with E-state index in [1.165, 1.54) is 6.20 Å². The fraction of sp³-hybridized carbons (Fsp3) is 0.200. The third-order valence-corrected chi connectivity index (χ3v) is 4.06. The van der Waals surface area contributed by atoms with Crippen LogP contribution in [0, 0.1) is 0 Å². The molecule has 0 atom stereocenters. The van der Waals surface area contributed by atoms with Crippen molar-refractivity contribution in [2.24, 2.45) is 0 Å². The molecule has 3 rings (SSSR count). The van der Waals surface area contributed by atoms with Crippen LogP contribution in [0.3, 0.4) is 0 Å². The number of pyridine rings is 1. The van der Waals surface area contributed by atoms with Crippen LogP contribution in [0.5, 0.6) is 0 Å². The predicted molar refractivity (Wildman–Crippen MR) is 77.9 cm³/mol. The van der Waals surface area contributed by atoms with Crippen molar-refractivity contribution in [3.05, 3.63) is 53.7 Å². The van der Waals surface area contributed by atoms with Gasteiger partial charge in [-0.2, -0.15) is 8.78 Å². The first kappa shape index (κ1) is 14.0. The number of halogens is 2. The summed E-state index contributed by atoms with van der Waals surface area (Å²) in [5.41, 5.74) is 2.16. The van der Waals surface area contributed by atoms with Crippen LogP contribution >= 0.6 is 11.8 Å². The lowest BCUT2D eigenvalue weighted by Gasteiger charge is -2.18. The molecule has 0 saturated heterocycles. The fourth-order valence-corrected chi connectivity index (χ4v) is 3.00. The van der Waals surface area contributed by atoms with E-state index >= 15 is 0 Å². The van der Waals surface area contributed by atoms with Gasteiger partial charge < -0.3 is 4.90 Å². The molecule has 0 unspecified atom stereocenters. The second-order valence-corrected chi connectivity index (χ2v) is 5.55.